The molecule has 2 nitrogen and oxygen atoms in total. The SMILES string of the molecule is CC(O)Cc1cc(C(F)(F)F)cc(Cl)c1O. The highest BCUT2D eigenvalue weighted by molar-refractivity contribution is 6.32. The van der Waals surface area contributed by atoms with Crippen LogP contribution in [0.5, 0.6) is 5.75 Å². The molecule has 0 fully saturated rings. The number of hydrogen-bond acceptors (Lipinski definition) is 2. The lowest BCUT2D eigenvalue weighted by atomic mass is 10.0. The number of phenols is 1. The second kappa shape index (κ2) is 4.51. The zero-order valence-corrected chi connectivity index (χ0v) is 9.10. The van der Waals surface area contributed by atoms with Crippen molar-refractivity contribution in [2.45, 2.75) is 25.6 Å². The van der Waals surface area contributed by atoms with E-state index in [9.17, 15) is 18.3 Å². The Kier molecular flexibility index (Phi) is 3.70. The van der Waals surface area contributed by atoms with Crippen molar-refractivity contribution >= 4 is 11.6 Å². The molecule has 0 aliphatic rings. The van der Waals surface area contributed by atoms with Crippen LogP contribution in [-0.4, -0.2) is 16.3 Å². The van der Waals surface area contributed by atoms with Gasteiger partial charge in [0.25, 0.3) is 0 Å². The second-order valence-corrected chi connectivity index (χ2v) is 3.92. The highest BCUT2D eigenvalue weighted by atomic mass is 35.5. The van der Waals surface area contributed by atoms with Crippen LogP contribution in [0.4, 0.5) is 13.2 Å². The number of aliphatic hydroxyl groups excluding tert-OH is 1. The molecule has 16 heavy (non-hydrogen) atoms. The number of halogens is 4. The molecule has 0 bridgehead atoms. The molecule has 0 amide bonds. The smallest absolute Gasteiger partial charge is 0.416 e. The minimum absolute atomic E-state index is 0.0187. The van der Waals surface area contributed by atoms with Crippen LogP contribution in [0.25, 0.3) is 0 Å². The second-order valence-electron chi connectivity index (χ2n) is 3.52. The molecule has 1 rings (SSSR count). The van der Waals surface area contributed by atoms with Crippen LogP contribution in [0.3, 0.4) is 0 Å². The Hall–Kier alpha value is -0.940. The van der Waals surface area contributed by atoms with E-state index >= 15 is 0 Å². The Morgan fingerprint density at radius 3 is 2.38 bits per heavy atom. The van der Waals surface area contributed by atoms with Gasteiger partial charge in [0, 0.05) is 6.42 Å². The summed E-state index contributed by atoms with van der Waals surface area (Å²) in [5, 5.41) is 18.1. The highest BCUT2D eigenvalue weighted by Gasteiger charge is 2.32. The van der Waals surface area contributed by atoms with Crippen molar-refractivity contribution in [1.29, 1.82) is 0 Å². The average molecular weight is 255 g/mol. The number of phenolic OH excluding ortho intramolecular Hbond substituents is 1. The van der Waals surface area contributed by atoms with Crippen molar-refractivity contribution in [2.75, 3.05) is 0 Å². The normalized spacial score (nSPS) is 13.9. The Morgan fingerprint density at radius 1 is 1.38 bits per heavy atom. The average Bonchev–Trinajstić information content (AvgIpc) is 2.10. The van der Waals surface area contributed by atoms with E-state index in [1.54, 1.807) is 0 Å². The Morgan fingerprint density at radius 2 is 1.94 bits per heavy atom. The third kappa shape index (κ3) is 3.02. The number of rotatable bonds is 2. The molecule has 0 aliphatic heterocycles. The van der Waals surface area contributed by atoms with E-state index in [2.05, 4.69) is 0 Å². The van der Waals surface area contributed by atoms with Gasteiger partial charge in [-0.05, 0) is 24.6 Å². The number of hydrogen-bond donors (Lipinski definition) is 2. The summed E-state index contributed by atoms with van der Waals surface area (Å²) in [5.41, 5.74) is -0.958. The molecule has 0 saturated carbocycles. The topological polar surface area (TPSA) is 40.5 Å². The standard InChI is InChI=1S/C10H10ClF3O2/c1-5(15)2-6-3-7(10(12,13)14)4-8(11)9(6)16/h3-5,15-16H,2H2,1H3. The van der Waals surface area contributed by atoms with Crippen molar-refractivity contribution in [3.63, 3.8) is 0 Å². The van der Waals surface area contributed by atoms with Gasteiger partial charge in [0.15, 0.2) is 0 Å². The van der Waals surface area contributed by atoms with Gasteiger partial charge in [0.2, 0.25) is 0 Å². The molecule has 0 spiro atoms. The van der Waals surface area contributed by atoms with Gasteiger partial charge < -0.3 is 10.2 Å². The number of alkyl halides is 3. The number of aliphatic hydroxyl groups is 1. The fourth-order valence-electron chi connectivity index (χ4n) is 1.29. The molecule has 0 aliphatic carbocycles. The Balaban J connectivity index is 3.22. The molecule has 0 radical (unpaired) electrons. The van der Waals surface area contributed by atoms with Crippen molar-refractivity contribution < 1.29 is 23.4 Å². The summed E-state index contributed by atoms with van der Waals surface area (Å²) in [6, 6.07) is 1.44. The summed E-state index contributed by atoms with van der Waals surface area (Å²) in [6.07, 6.45) is -5.47. The summed E-state index contributed by atoms with van der Waals surface area (Å²) < 4.78 is 37.2. The monoisotopic (exact) mass is 254 g/mol. The van der Waals surface area contributed by atoms with E-state index in [1.807, 2.05) is 0 Å². The van der Waals surface area contributed by atoms with Gasteiger partial charge in [-0.3, -0.25) is 0 Å². The zero-order valence-electron chi connectivity index (χ0n) is 8.35. The van der Waals surface area contributed by atoms with Crippen LogP contribution in [0, 0.1) is 0 Å². The zero-order chi connectivity index (χ0) is 12.5. The molecule has 1 aromatic carbocycles. The van der Waals surface area contributed by atoms with Gasteiger partial charge in [-0.1, -0.05) is 11.6 Å². The summed E-state index contributed by atoms with van der Waals surface area (Å²) in [6.45, 7) is 1.41. The predicted octanol–water partition coefficient (Wildman–Crippen LogP) is 2.99. The summed E-state index contributed by atoms with van der Waals surface area (Å²) in [5.74, 6) is -0.421. The maximum Gasteiger partial charge on any atom is 0.416 e. The minimum Gasteiger partial charge on any atom is -0.506 e. The maximum absolute atomic E-state index is 12.4. The molecular formula is C10H10ClF3O2. The molecule has 0 aromatic heterocycles. The third-order valence-corrected chi connectivity index (χ3v) is 2.27. The molecule has 90 valence electrons. The van der Waals surface area contributed by atoms with E-state index in [4.69, 9.17) is 16.7 Å². The lowest BCUT2D eigenvalue weighted by molar-refractivity contribution is -0.137. The van der Waals surface area contributed by atoms with Crippen molar-refractivity contribution in [2.24, 2.45) is 0 Å². The summed E-state index contributed by atoms with van der Waals surface area (Å²) >= 11 is 5.48. The van der Waals surface area contributed by atoms with Crippen LogP contribution >= 0.6 is 11.6 Å². The van der Waals surface area contributed by atoms with E-state index in [0.29, 0.717) is 6.07 Å². The number of benzene rings is 1. The van der Waals surface area contributed by atoms with Crippen molar-refractivity contribution in [3.05, 3.63) is 28.3 Å². The molecule has 6 heteroatoms. The fraction of sp³-hybridized carbons (Fsp3) is 0.400. The molecule has 1 unspecified atom stereocenters. The van der Waals surface area contributed by atoms with E-state index < -0.39 is 23.6 Å². The van der Waals surface area contributed by atoms with Crippen molar-refractivity contribution in [1.82, 2.24) is 0 Å². The van der Waals surface area contributed by atoms with Crippen molar-refractivity contribution in [3.8, 4) is 5.75 Å². The van der Waals surface area contributed by atoms with Gasteiger partial charge >= 0.3 is 6.18 Å². The van der Waals surface area contributed by atoms with E-state index in [-0.39, 0.29) is 17.0 Å². The molecular weight excluding hydrogens is 245 g/mol. The van der Waals surface area contributed by atoms with Gasteiger partial charge in [0.1, 0.15) is 5.75 Å². The fourth-order valence-corrected chi connectivity index (χ4v) is 1.53. The molecule has 0 saturated heterocycles. The molecule has 0 heterocycles. The van der Waals surface area contributed by atoms with Crippen LogP contribution in [0.2, 0.25) is 5.02 Å². The van der Waals surface area contributed by atoms with Crippen LogP contribution < -0.4 is 0 Å². The Bertz CT molecular complexity index is 388. The van der Waals surface area contributed by atoms with E-state index in [1.165, 1.54) is 6.92 Å². The van der Waals surface area contributed by atoms with Gasteiger partial charge in [0.05, 0.1) is 16.7 Å². The quantitative estimate of drug-likeness (QED) is 0.852. The summed E-state index contributed by atoms with van der Waals surface area (Å²) in [4.78, 5) is 0. The third-order valence-electron chi connectivity index (χ3n) is 1.98. The molecule has 1 atom stereocenters. The number of aromatic hydroxyl groups is 1. The van der Waals surface area contributed by atoms with Crippen LogP contribution in [0.15, 0.2) is 12.1 Å². The van der Waals surface area contributed by atoms with Gasteiger partial charge in [-0.2, -0.15) is 13.2 Å². The first-order valence-corrected chi connectivity index (χ1v) is 4.86. The first-order chi connectivity index (χ1) is 7.21. The minimum atomic E-state index is -4.52. The molecule has 2 N–H and O–H groups in total. The van der Waals surface area contributed by atoms with Gasteiger partial charge in [-0.15, -0.1) is 0 Å². The lowest BCUT2D eigenvalue weighted by Crippen LogP contribution is -2.09. The van der Waals surface area contributed by atoms with Crippen LogP contribution in [-0.2, 0) is 12.6 Å². The predicted molar refractivity (Wildman–Crippen MR) is 53.5 cm³/mol. The lowest BCUT2D eigenvalue weighted by Gasteiger charge is -2.13. The van der Waals surface area contributed by atoms with Crippen LogP contribution in [0.1, 0.15) is 18.1 Å². The van der Waals surface area contributed by atoms with Gasteiger partial charge in [-0.25, -0.2) is 0 Å². The first-order valence-electron chi connectivity index (χ1n) is 4.48. The molecule has 1 aromatic rings. The largest absolute Gasteiger partial charge is 0.506 e. The Labute approximate surface area is 95.3 Å². The maximum atomic E-state index is 12.4. The first kappa shape index (κ1) is 13.1. The highest BCUT2D eigenvalue weighted by Crippen LogP contribution is 2.37. The summed E-state index contributed by atoms with van der Waals surface area (Å²) in [7, 11) is 0. The van der Waals surface area contributed by atoms with E-state index in [0.717, 1.165) is 6.07 Å².